The molecule has 0 saturated heterocycles. The van der Waals surface area contributed by atoms with Crippen molar-refractivity contribution in [1.82, 2.24) is 4.98 Å². The van der Waals surface area contributed by atoms with Crippen molar-refractivity contribution in [1.29, 1.82) is 5.26 Å². The highest BCUT2D eigenvalue weighted by atomic mass is 79.9. The van der Waals surface area contributed by atoms with E-state index in [2.05, 4.69) is 20.9 Å². The fraction of sp³-hybridized carbons (Fsp3) is 0. The molecule has 22 heavy (non-hydrogen) atoms. The Balaban J connectivity index is 2.13. The zero-order valence-corrected chi connectivity index (χ0v) is 13.2. The number of halogens is 4. The first-order valence-electron chi connectivity index (χ1n) is 6.04. The first kappa shape index (κ1) is 15.0. The normalized spacial score (nSPS) is 10.9. The van der Waals surface area contributed by atoms with Crippen LogP contribution in [0, 0.1) is 28.8 Å². The SMILES string of the molecule is N#Cc1cc(Sc2c(F)c(F)c3[nH]ccc3c2Br)ccc1F. The molecule has 1 aromatic heterocycles. The average molecular weight is 383 g/mol. The second-order valence-corrected chi connectivity index (χ2v) is 6.27. The van der Waals surface area contributed by atoms with E-state index in [9.17, 15) is 13.2 Å². The summed E-state index contributed by atoms with van der Waals surface area (Å²) in [5.41, 5.74) is -0.0738. The lowest BCUT2D eigenvalue weighted by atomic mass is 10.2. The lowest BCUT2D eigenvalue weighted by molar-refractivity contribution is 0.497. The summed E-state index contributed by atoms with van der Waals surface area (Å²) in [6.07, 6.45) is 1.51. The van der Waals surface area contributed by atoms with Gasteiger partial charge in [-0.1, -0.05) is 11.8 Å². The van der Waals surface area contributed by atoms with Gasteiger partial charge < -0.3 is 4.98 Å². The van der Waals surface area contributed by atoms with Crippen LogP contribution in [0.25, 0.3) is 10.9 Å². The van der Waals surface area contributed by atoms with E-state index in [4.69, 9.17) is 5.26 Å². The molecule has 0 saturated carbocycles. The lowest BCUT2D eigenvalue weighted by Gasteiger charge is -2.09. The molecule has 7 heteroatoms. The van der Waals surface area contributed by atoms with Crippen molar-refractivity contribution in [2.24, 2.45) is 0 Å². The minimum absolute atomic E-state index is 0.0418. The largest absolute Gasteiger partial charge is 0.359 e. The smallest absolute Gasteiger partial charge is 0.184 e. The Morgan fingerprint density at radius 1 is 1.14 bits per heavy atom. The molecule has 1 N–H and O–H groups in total. The third kappa shape index (κ3) is 2.38. The minimum Gasteiger partial charge on any atom is -0.359 e. The highest BCUT2D eigenvalue weighted by Gasteiger charge is 2.20. The van der Waals surface area contributed by atoms with Crippen LogP contribution in [-0.4, -0.2) is 4.98 Å². The monoisotopic (exact) mass is 382 g/mol. The van der Waals surface area contributed by atoms with Crippen molar-refractivity contribution in [3.8, 4) is 6.07 Å². The summed E-state index contributed by atoms with van der Waals surface area (Å²) in [6.45, 7) is 0. The van der Waals surface area contributed by atoms with Crippen LogP contribution >= 0.6 is 27.7 Å². The Morgan fingerprint density at radius 3 is 2.64 bits per heavy atom. The fourth-order valence-electron chi connectivity index (χ4n) is 2.02. The maximum absolute atomic E-state index is 14.2. The molecule has 0 radical (unpaired) electrons. The number of hydrogen-bond donors (Lipinski definition) is 1. The molecule has 110 valence electrons. The molecule has 3 rings (SSSR count). The topological polar surface area (TPSA) is 39.6 Å². The second-order valence-electron chi connectivity index (χ2n) is 4.39. The van der Waals surface area contributed by atoms with E-state index < -0.39 is 17.5 Å². The number of aromatic nitrogens is 1. The van der Waals surface area contributed by atoms with E-state index in [1.165, 1.54) is 18.3 Å². The molecule has 0 atom stereocenters. The zero-order chi connectivity index (χ0) is 15.9. The van der Waals surface area contributed by atoms with E-state index in [0.29, 0.717) is 14.8 Å². The van der Waals surface area contributed by atoms with E-state index in [1.807, 2.05) is 0 Å². The van der Waals surface area contributed by atoms with Crippen LogP contribution in [0.2, 0.25) is 0 Å². The minimum atomic E-state index is -1.00. The number of hydrogen-bond acceptors (Lipinski definition) is 2. The van der Waals surface area contributed by atoms with Gasteiger partial charge in [0.05, 0.1) is 16.0 Å². The summed E-state index contributed by atoms with van der Waals surface area (Å²) in [7, 11) is 0. The molecule has 0 fully saturated rings. The van der Waals surface area contributed by atoms with Crippen LogP contribution in [0.5, 0.6) is 0 Å². The number of nitrogens with one attached hydrogen (secondary N) is 1. The second kappa shape index (κ2) is 5.71. The Bertz CT molecular complexity index is 931. The predicted molar refractivity (Wildman–Crippen MR) is 81.2 cm³/mol. The van der Waals surface area contributed by atoms with Crippen molar-refractivity contribution in [3.63, 3.8) is 0 Å². The van der Waals surface area contributed by atoms with Crippen LogP contribution in [0.3, 0.4) is 0 Å². The van der Waals surface area contributed by atoms with Crippen molar-refractivity contribution < 1.29 is 13.2 Å². The molecule has 2 aromatic carbocycles. The molecule has 3 aromatic rings. The Hall–Kier alpha value is -1.91. The molecular weight excluding hydrogens is 377 g/mol. The molecule has 2 nitrogen and oxygen atoms in total. The molecule has 0 aliphatic heterocycles. The summed E-state index contributed by atoms with van der Waals surface area (Å²) in [5, 5.41) is 9.33. The van der Waals surface area contributed by atoms with Gasteiger partial charge in [-0.3, -0.25) is 0 Å². The standard InChI is InChI=1S/C15H6BrF3N2S/c16-11-9-3-4-21-14(9)12(18)13(19)15(11)22-8-1-2-10(17)7(5-8)6-20/h1-5,21H. The maximum Gasteiger partial charge on any atom is 0.184 e. The van der Waals surface area contributed by atoms with Crippen LogP contribution in [0.4, 0.5) is 13.2 Å². The summed E-state index contributed by atoms with van der Waals surface area (Å²) in [6, 6.07) is 7.17. The Morgan fingerprint density at radius 2 is 1.91 bits per heavy atom. The molecular formula is C15H6BrF3N2S. The average Bonchev–Trinajstić information content (AvgIpc) is 3.01. The van der Waals surface area contributed by atoms with E-state index >= 15 is 0 Å². The van der Waals surface area contributed by atoms with Crippen LogP contribution in [0.1, 0.15) is 5.56 Å². The van der Waals surface area contributed by atoms with Crippen molar-refractivity contribution in [2.45, 2.75) is 9.79 Å². The van der Waals surface area contributed by atoms with Gasteiger partial charge in [-0.15, -0.1) is 0 Å². The summed E-state index contributed by atoms with van der Waals surface area (Å²) >= 11 is 4.18. The molecule has 0 amide bonds. The van der Waals surface area contributed by atoms with Gasteiger partial charge >= 0.3 is 0 Å². The third-order valence-electron chi connectivity index (χ3n) is 3.07. The van der Waals surface area contributed by atoms with Crippen LogP contribution < -0.4 is 0 Å². The van der Waals surface area contributed by atoms with Gasteiger partial charge in [-0.25, -0.2) is 13.2 Å². The number of nitriles is 1. The Kier molecular flexibility index (Phi) is 3.89. The fourth-order valence-corrected chi connectivity index (χ4v) is 3.70. The lowest BCUT2D eigenvalue weighted by Crippen LogP contribution is -1.93. The van der Waals surface area contributed by atoms with Gasteiger partial charge in [0, 0.05) is 21.0 Å². The molecule has 0 spiro atoms. The van der Waals surface area contributed by atoms with Crippen molar-refractivity contribution in [2.75, 3.05) is 0 Å². The van der Waals surface area contributed by atoms with E-state index in [-0.39, 0.29) is 16.0 Å². The summed E-state index contributed by atoms with van der Waals surface area (Å²) in [5.74, 6) is -2.64. The van der Waals surface area contributed by atoms with Gasteiger partial charge in [-0.2, -0.15) is 5.26 Å². The quantitative estimate of drug-likeness (QED) is 0.605. The van der Waals surface area contributed by atoms with E-state index in [0.717, 1.165) is 17.8 Å². The maximum atomic E-state index is 14.2. The number of rotatable bonds is 2. The number of H-pyrrole nitrogens is 1. The van der Waals surface area contributed by atoms with Crippen molar-refractivity contribution in [3.05, 3.63) is 58.0 Å². The Labute approximate surface area is 136 Å². The number of aromatic amines is 1. The van der Waals surface area contributed by atoms with Gasteiger partial charge in [0.15, 0.2) is 11.6 Å². The van der Waals surface area contributed by atoms with Gasteiger partial charge in [0.1, 0.15) is 11.9 Å². The predicted octanol–water partition coefficient (Wildman–Crippen LogP) is 5.37. The summed E-state index contributed by atoms with van der Waals surface area (Å²) in [4.78, 5) is 3.12. The highest BCUT2D eigenvalue weighted by molar-refractivity contribution is 9.10. The number of benzene rings is 2. The van der Waals surface area contributed by atoms with Gasteiger partial charge in [0.25, 0.3) is 0 Å². The van der Waals surface area contributed by atoms with Crippen molar-refractivity contribution >= 4 is 38.6 Å². The summed E-state index contributed by atoms with van der Waals surface area (Å²) < 4.78 is 42.0. The number of nitrogens with zero attached hydrogens (tertiary/aromatic N) is 1. The van der Waals surface area contributed by atoms with Crippen LogP contribution in [-0.2, 0) is 0 Å². The molecule has 0 aliphatic rings. The third-order valence-corrected chi connectivity index (χ3v) is 5.24. The molecule has 0 aliphatic carbocycles. The highest BCUT2D eigenvalue weighted by Crippen LogP contribution is 2.41. The first-order chi connectivity index (χ1) is 10.5. The molecule has 0 bridgehead atoms. The van der Waals surface area contributed by atoms with E-state index in [1.54, 1.807) is 12.1 Å². The number of fused-ring (bicyclic) bond motifs is 1. The zero-order valence-electron chi connectivity index (χ0n) is 10.8. The van der Waals surface area contributed by atoms with Crippen LogP contribution in [0.15, 0.2) is 44.7 Å². The molecule has 0 unspecified atom stereocenters. The molecule has 1 heterocycles. The van der Waals surface area contributed by atoms with Gasteiger partial charge in [0.2, 0.25) is 0 Å². The first-order valence-corrected chi connectivity index (χ1v) is 7.65. The van der Waals surface area contributed by atoms with Gasteiger partial charge in [-0.05, 0) is 40.2 Å².